The van der Waals surface area contributed by atoms with Crippen LogP contribution in [-0.2, 0) is 6.42 Å². The molecule has 0 fully saturated rings. The van der Waals surface area contributed by atoms with Crippen LogP contribution in [0.2, 0.25) is 0 Å². The molecule has 0 unspecified atom stereocenters. The molecule has 24 heavy (non-hydrogen) atoms. The number of carbonyl (C=O) groups excluding carboxylic acids is 1. The maximum absolute atomic E-state index is 12.3. The number of carbonyl (C=O) groups is 1. The molecule has 3 aromatic carbocycles. The van der Waals surface area contributed by atoms with Crippen LogP contribution in [0.5, 0.6) is 0 Å². The number of hydrogen-bond acceptors (Lipinski definition) is 2. The zero-order valence-corrected chi connectivity index (χ0v) is 13.1. The van der Waals surface area contributed by atoms with Crippen LogP contribution < -0.4 is 5.32 Å². The van der Waals surface area contributed by atoms with Gasteiger partial charge in [0.1, 0.15) is 5.82 Å². The van der Waals surface area contributed by atoms with Crippen molar-refractivity contribution in [2.24, 2.45) is 0 Å². The van der Waals surface area contributed by atoms with E-state index in [1.807, 2.05) is 66.7 Å². The van der Waals surface area contributed by atoms with E-state index in [4.69, 9.17) is 0 Å². The van der Waals surface area contributed by atoms with E-state index in [-0.39, 0.29) is 5.91 Å². The summed E-state index contributed by atoms with van der Waals surface area (Å²) in [4.78, 5) is 20.1. The molecule has 0 bridgehead atoms. The molecule has 118 valence electrons. The van der Waals surface area contributed by atoms with Crippen molar-refractivity contribution in [1.29, 1.82) is 0 Å². The molecule has 4 rings (SSSR count). The third-order valence-electron chi connectivity index (χ3n) is 4.10. The summed E-state index contributed by atoms with van der Waals surface area (Å²) in [6.07, 6.45) is 0.675. The van der Waals surface area contributed by atoms with Crippen molar-refractivity contribution in [2.45, 2.75) is 6.42 Å². The van der Waals surface area contributed by atoms with E-state index in [1.165, 1.54) is 0 Å². The number of aromatic nitrogens is 2. The van der Waals surface area contributed by atoms with Crippen LogP contribution in [0.15, 0.2) is 66.7 Å². The average molecular weight is 315 g/mol. The molecule has 1 aromatic heterocycles. The van der Waals surface area contributed by atoms with E-state index in [2.05, 4.69) is 15.3 Å². The molecule has 2 N–H and O–H groups in total. The molecule has 0 aliphatic carbocycles. The van der Waals surface area contributed by atoms with Crippen LogP contribution in [0.1, 0.15) is 16.2 Å². The number of aromatic amines is 1. The Kier molecular flexibility index (Phi) is 3.71. The number of fused-ring (bicyclic) bond motifs is 2. The zero-order valence-electron chi connectivity index (χ0n) is 13.1. The van der Waals surface area contributed by atoms with Crippen molar-refractivity contribution < 1.29 is 4.79 Å². The zero-order chi connectivity index (χ0) is 16.4. The number of amides is 1. The number of benzene rings is 3. The molecule has 4 aromatic rings. The fraction of sp³-hybridized carbons (Fsp3) is 0.100. The number of hydrogen-bond donors (Lipinski definition) is 2. The summed E-state index contributed by atoms with van der Waals surface area (Å²) in [6.45, 7) is 0.547. The second kappa shape index (κ2) is 6.16. The van der Waals surface area contributed by atoms with Gasteiger partial charge >= 0.3 is 0 Å². The highest BCUT2D eigenvalue weighted by Crippen LogP contribution is 2.15. The van der Waals surface area contributed by atoms with E-state index in [0.717, 1.165) is 27.6 Å². The van der Waals surface area contributed by atoms with Crippen LogP contribution in [0.4, 0.5) is 0 Å². The summed E-state index contributed by atoms with van der Waals surface area (Å²) >= 11 is 0. The molecule has 0 atom stereocenters. The minimum Gasteiger partial charge on any atom is -0.352 e. The van der Waals surface area contributed by atoms with Gasteiger partial charge in [0, 0.05) is 18.5 Å². The van der Waals surface area contributed by atoms with Crippen molar-refractivity contribution in [3.05, 3.63) is 78.1 Å². The molecular weight excluding hydrogens is 298 g/mol. The lowest BCUT2D eigenvalue weighted by Gasteiger charge is -2.05. The predicted molar refractivity (Wildman–Crippen MR) is 96.1 cm³/mol. The highest BCUT2D eigenvalue weighted by Gasteiger charge is 2.07. The summed E-state index contributed by atoms with van der Waals surface area (Å²) in [7, 11) is 0. The quantitative estimate of drug-likeness (QED) is 0.603. The fourth-order valence-electron chi connectivity index (χ4n) is 2.85. The van der Waals surface area contributed by atoms with Gasteiger partial charge in [0.2, 0.25) is 0 Å². The second-order valence-corrected chi connectivity index (χ2v) is 5.77. The Morgan fingerprint density at radius 2 is 1.75 bits per heavy atom. The molecule has 4 nitrogen and oxygen atoms in total. The number of H-pyrrole nitrogens is 1. The molecule has 0 spiro atoms. The maximum atomic E-state index is 12.3. The molecule has 0 saturated heterocycles. The smallest absolute Gasteiger partial charge is 0.251 e. The van der Waals surface area contributed by atoms with Crippen LogP contribution in [0.25, 0.3) is 21.8 Å². The second-order valence-electron chi connectivity index (χ2n) is 5.77. The molecule has 0 radical (unpaired) electrons. The topological polar surface area (TPSA) is 57.8 Å². The van der Waals surface area contributed by atoms with Crippen molar-refractivity contribution in [3.63, 3.8) is 0 Å². The van der Waals surface area contributed by atoms with Crippen molar-refractivity contribution in [1.82, 2.24) is 15.3 Å². The highest BCUT2D eigenvalue weighted by molar-refractivity contribution is 5.98. The Morgan fingerprint density at radius 3 is 2.62 bits per heavy atom. The average Bonchev–Trinajstić information content (AvgIpc) is 3.04. The van der Waals surface area contributed by atoms with Crippen molar-refractivity contribution in [3.8, 4) is 0 Å². The summed E-state index contributed by atoms with van der Waals surface area (Å²) in [5, 5.41) is 5.16. The lowest BCUT2D eigenvalue weighted by Crippen LogP contribution is -2.25. The normalized spacial score (nSPS) is 11.0. The Labute approximate surface area is 139 Å². The van der Waals surface area contributed by atoms with Gasteiger partial charge in [-0.15, -0.1) is 0 Å². The Balaban J connectivity index is 1.41. The molecule has 1 amide bonds. The van der Waals surface area contributed by atoms with Gasteiger partial charge in [0.05, 0.1) is 11.0 Å². The molecule has 0 aliphatic heterocycles. The van der Waals surface area contributed by atoms with Crippen LogP contribution >= 0.6 is 0 Å². The molecule has 1 heterocycles. The Morgan fingerprint density at radius 1 is 0.958 bits per heavy atom. The SMILES string of the molecule is O=C(NCCc1nc2ccccc2[nH]1)c1ccc2ccccc2c1. The van der Waals surface area contributed by atoms with Gasteiger partial charge in [-0.1, -0.05) is 42.5 Å². The first-order valence-electron chi connectivity index (χ1n) is 8.00. The lowest BCUT2D eigenvalue weighted by atomic mass is 10.1. The number of para-hydroxylation sites is 2. The molecule has 0 aliphatic rings. The van der Waals surface area contributed by atoms with Crippen LogP contribution in [0, 0.1) is 0 Å². The number of nitrogens with one attached hydrogen (secondary N) is 2. The van der Waals surface area contributed by atoms with Crippen molar-refractivity contribution >= 4 is 27.7 Å². The molecule has 0 saturated carbocycles. The predicted octanol–water partition coefficient (Wildman–Crippen LogP) is 3.69. The number of nitrogens with zero attached hydrogens (tertiary/aromatic N) is 1. The van der Waals surface area contributed by atoms with Crippen LogP contribution in [-0.4, -0.2) is 22.4 Å². The summed E-state index contributed by atoms with van der Waals surface area (Å²) < 4.78 is 0. The molecular formula is C20H17N3O. The first kappa shape index (κ1) is 14.5. The third-order valence-corrected chi connectivity index (χ3v) is 4.10. The summed E-state index contributed by atoms with van der Waals surface area (Å²) in [5.74, 6) is 0.826. The molecule has 4 heteroatoms. The Bertz CT molecular complexity index is 986. The number of imidazole rings is 1. The van der Waals surface area contributed by atoms with Crippen LogP contribution in [0.3, 0.4) is 0 Å². The standard InChI is InChI=1S/C20H17N3O/c24-20(16-10-9-14-5-1-2-6-15(14)13-16)21-12-11-19-22-17-7-3-4-8-18(17)23-19/h1-10,13H,11-12H2,(H,21,24)(H,22,23). The highest BCUT2D eigenvalue weighted by atomic mass is 16.1. The van der Waals surface area contributed by atoms with Gasteiger partial charge in [-0.3, -0.25) is 4.79 Å². The Hall–Kier alpha value is -3.14. The first-order valence-corrected chi connectivity index (χ1v) is 8.00. The van der Waals surface area contributed by atoms with Crippen molar-refractivity contribution in [2.75, 3.05) is 6.54 Å². The van der Waals surface area contributed by atoms with Gasteiger partial charge in [0.25, 0.3) is 5.91 Å². The monoisotopic (exact) mass is 315 g/mol. The fourth-order valence-corrected chi connectivity index (χ4v) is 2.85. The van der Waals surface area contributed by atoms with E-state index >= 15 is 0 Å². The van der Waals surface area contributed by atoms with Gasteiger partial charge in [-0.2, -0.15) is 0 Å². The van der Waals surface area contributed by atoms with Gasteiger partial charge < -0.3 is 10.3 Å². The minimum absolute atomic E-state index is 0.0585. The number of rotatable bonds is 4. The summed E-state index contributed by atoms with van der Waals surface area (Å²) in [5.41, 5.74) is 2.65. The van der Waals surface area contributed by atoms with Gasteiger partial charge in [-0.05, 0) is 35.0 Å². The lowest BCUT2D eigenvalue weighted by molar-refractivity contribution is 0.0954. The summed E-state index contributed by atoms with van der Waals surface area (Å²) in [6, 6.07) is 21.7. The van der Waals surface area contributed by atoms with Gasteiger partial charge in [0.15, 0.2) is 0 Å². The van der Waals surface area contributed by atoms with E-state index < -0.39 is 0 Å². The van der Waals surface area contributed by atoms with E-state index in [0.29, 0.717) is 18.5 Å². The van der Waals surface area contributed by atoms with E-state index in [9.17, 15) is 4.79 Å². The largest absolute Gasteiger partial charge is 0.352 e. The van der Waals surface area contributed by atoms with E-state index in [1.54, 1.807) is 0 Å². The third kappa shape index (κ3) is 2.86. The minimum atomic E-state index is -0.0585. The van der Waals surface area contributed by atoms with Gasteiger partial charge in [-0.25, -0.2) is 4.98 Å². The maximum Gasteiger partial charge on any atom is 0.251 e. The first-order chi connectivity index (χ1) is 11.8.